The summed E-state index contributed by atoms with van der Waals surface area (Å²) >= 11 is 0. The van der Waals surface area contributed by atoms with Crippen molar-refractivity contribution in [2.75, 3.05) is 0 Å². The van der Waals surface area contributed by atoms with Crippen LogP contribution in [0.2, 0.25) is 0 Å². The van der Waals surface area contributed by atoms with Crippen molar-refractivity contribution in [2.24, 2.45) is 0 Å². The zero-order valence-electron chi connectivity index (χ0n) is 40.3. The smallest absolute Gasteiger partial charge is 0.137 e. The van der Waals surface area contributed by atoms with Crippen LogP contribution in [0.3, 0.4) is 0 Å². The molecule has 17 rings (SSSR count). The van der Waals surface area contributed by atoms with Gasteiger partial charge in [-0.15, -0.1) is 0 Å². The number of nitriles is 2. The maximum atomic E-state index is 12.5. The van der Waals surface area contributed by atoms with Crippen molar-refractivity contribution in [1.29, 1.82) is 10.5 Å². The van der Waals surface area contributed by atoms with E-state index in [0.29, 0.717) is 33.9 Å². The summed E-state index contributed by atoms with van der Waals surface area (Å²) in [5.74, 6) is 0. The number of furan rings is 2. The van der Waals surface area contributed by atoms with E-state index in [2.05, 4.69) is 188 Å². The van der Waals surface area contributed by atoms with Crippen molar-refractivity contribution in [3.8, 4) is 34.9 Å². The lowest BCUT2D eigenvalue weighted by Crippen LogP contribution is -2.16. The predicted octanol–water partition coefficient (Wildman–Crippen LogP) is 17.6. The van der Waals surface area contributed by atoms with E-state index in [4.69, 9.17) is 8.83 Å². The maximum absolute atomic E-state index is 12.5. The molecule has 0 aliphatic rings. The summed E-state index contributed by atoms with van der Waals surface area (Å²) < 4.78 is 22.4. The molecule has 0 radical (unpaired) electrons. The minimum atomic E-state index is 0.330. The fraction of sp³-hybridized carbons (Fsp3) is 0. The summed E-state index contributed by atoms with van der Waals surface area (Å²) in [5, 5.41) is 37.3. The SMILES string of the molecule is N#Cc1c(-n2c3ccccc3c3ccccc32)c(C#N)c(-n2c3ccccc3c3cc4c(cc32)oc2ccccc24)c(-n2c3ccccc3c3ccccc32)c1-n1c2ccccc2c2cc3c(cc21)oc1ccccc13. The normalized spacial score (nSPS) is 12.2. The van der Waals surface area contributed by atoms with Crippen LogP contribution in [0.25, 0.3) is 154 Å². The van der Waals surface area contributed by atoms with E-state index in [-0.39, 0.29) is 0 Å². The summed E-state index contributed by atoms with van der Waals surface area (Å²) in [6.45, 7) is 0. The second-order valence-corrected chi connectivity index (χ2v) is 19.7. The third-order valence-electron chi connectivity index (χ3n) is 16.0. The molecule has 8 heteroatoms. The molecule has 0 bridgehead atoms. The van der Waals surface area contributed by atoms with Crippen molar-refractivity contribution < 1.29 is 8.83 Å². The molecule has 76 heavy (non-hydrogen) atoms. The topological polar surface area (TPSA) is 93.6 Å². The predicted molar refractivity (Wildman–Crippen MR) is 308 cm³/mol. The standard InChI is InChI=1S/C68H36N6O2/c69-37-51-65(71-53-25-9-1-17-39(53)40-18-2-10-26-54(40)71)52(38-70)67(74-58-30-14-6-22-44(58)48-34-50-46-24-8-16-32-62(46)76-64(50)36-60(48)74)68(72-55-27-11-3-19-41(55)42-20-4-12-28-56(42)72)66(51)73-57-29-13-5-21-43(57)47-33-49-45-23-7-15-31-61(45)75-63(49)35-59(47)73/h1-36H. The molecule has 350 valence electrons. The molecule has 11 aromatic carbocycles. The molecule has 6 heterocycles. The van der Waals surface area contributed by atoms with Crippen LogP contribution in [0, 0.1) is 22.7 Å². The monoisotopic (exact) mass is 968 g/mol. The second kappa shape index (κ2) is 14.9. The van der Waals surface area contributed by atoms with E-state index in [0.717, 1.165) is 131 Å². The molecule has 0 unspecified atom stereocenters. The van der Waals surface area contributed by atoms with Crippen molar-refractivity contribution >= 4 is 131 Å². The molecule has 0 N–H and O–H groups in total. The van der Waals surface area contributed by atoms with Gasteiger partial charge in [0.05, 0.1) is 66.9 Å². The van der Waals surface area contributed by atoms with E-state index in [1.165, 1.54) is 0 Å². The number of fused-ring (bicyclic) bond motifs is 18. The van der Waals surface area contributed by atoms with Crippen LogP contribution in [0.1, 0.15) is 11.1 Å². The number of hydrogen-bond donors (Lipinski definition) is 0. The van der Waals surface area contributed by atoms with Crippen LogP contribution in [-0.2, 0) is 0 Å². The van der Waals surface area contributed by atoms with E-state index in [9.17, 15) is 10.5 Å². The van der Waals surface area contributed by atoms with Crippen LogP contribution in [0.15, 0.2) is 227 Å². The number of rotatable bonds is 4. The summed E-state index contributed by atoms with van der Waals surface area (Å²) in [5.41, 5.74) is 13.1. The van der Waals surface area contributed by atoms with E-state index in [1.807, 2.05) is 60.7 Å². The molecule has 17 aromatic rings. The van der Waals surface area contributed by atoms with Crippen molar-refractivity contribution in [2.45, 2.75) is 0 Å². The summed E-state index contributed by atoms with van der Waals surface area (Å²) in [4.78, 5) is 0. The Balaban J connectivity index is 1.19. The fourth-order valence-corrected chi connectivity index (χ4v) is 13.0. The molecule has 0 fully saturated rings. The first-order valence-corrected chi connectivity index (χ1v) is 25.4. The molecule has 8 nitrogen and oxygen atoms in total. The fourth-order valence-electron chi connectivity index (χ4n) is 13.0. The highest BCUT2D eigenvalue weighted by atomic mass is 16.3. The van der Waals surface area contributed by atoms with Gasteiger partial charge >= 0.3 is 0 Å². The Bertz CT molecular complexity index is 5190. The van der Waals surface area contributed by atoms with Gasteiger partial charge in [0, 0.05) is 76.8 Å². The highest BCUT2D eigenvalue weighted by Crippen LogP contribution is 2.50. The Kier molecular flexibility index (Phi) is 7.99. The van der Waals surface area contributed by atoms with Crippen LogP contribution >= 0.6 is 0 Å². The van der Waals surface area contributed by atoms with Crippen LogP contribution in [0.5, 0.6) is 0 Å². The zero-order chi connectivity index (χ0) is 49.9. The minimum Gasteiger partial charge on any atom is -0.456 e. The number of nitrogens with zero attached hydrogens (tertiary/aromatic N) is 6. The molecule has 0 spiro atoms. The van der Waals surface area contributed by atoms with Crippen molar-refractivity contribution in [3.05, 3.63) is 230 Å². The van der Waals surface area contributed by atoms with Gasteiger partial charge in [0.1, 0.15) is 45.6 Å². The van der Waals surface area contributed by atoms with E-state index in [1.54, 1.807) is 0 Å². The van der Waals surface area contributed by atoms with Gasteiger partial charge in [-0.3, -0.25) is 0 Å². The average Bonchev–Trinajstić information content (AvgIpc) is 4.34. The van der Waals surface area contributed by atoms with Gasteiger partial charge in [0.15, 0.2) is 0 Å². The Hall–Kier alpha value is -10.8. The van der Waals surface area contributed by atoms with Gasteiger partial charge in [-0.05, 0) is 60.7 Å². The molecule has 0 saturated heterocycles. The number of para-hydroxylation sites is 8. The number of aromatic nitrogens is 4. The van der Waals surface area contributed by atoms with Gasteiger partial charge in [-0.1, -0.05) is 146 Å². The molecule has 0 atom stereocenters. The summed E-state index contributed by atoms with van der Waals surface area (Å²) in [6.07, 6.45) is 0. The van der Waals surface area contributed by atoms with Gasteiger partial charge in [-0.2, -0.15) is 10.5 Å². The molecule has 6 aromatic heterocycles. The third-order valence-corrected chi connectivity index (χ3v) is 16.0. The Morgan fingerprint density at radius 3 is 0.855 bits per heavy atom. The first-order valence-electron chi connectivity index (χ1n) is 25.4. The third kappa shape index (κ3) is 5.18. The van der Waals surface area contributed by atoms with Crippen molar-refractivity contribution in [3.63, 3.8) is 0 Å². The molecular weight excluding hydrogens is 933 g/mol. The van der Waals surface area contributed by atoms with Gasteiger partial charge in [-0.25, -0.2) is 0 Å². The highest BCUT2D eigenvalue weighted by Gasteiger charge is 2.35. The first-order chi connectivity index (χ1) is 37.7. The van der Waals surface area contributed by atoms with E-state index < -0.39 is 0 Å². The summed E-state index contributed by atoms with van der Waals surface area (Å²) in [6, 6.07) is 81.2. The average molecular weight is 969 g/mol. The lowest BCUT2D eigenvalue weighted by atomic mass is 9.98. The molecule has 0 aliphatic carbocycles. The zero-order valence-corrected chi connectivity index (χ0v) is 40.3. The quantitative estimate of drug-likeness (QED) is 0.176. The Morgan fingerprint density at radius 2 is 0.513 bits per heavy atom. The van der Waals surface area contributed by atoms with E-state index >= 15 is 0 Å². The number of benzene rings is 11. The van der Waals surface area contributed by atoms with Crippen LogP contribution in [-0.4, -0.2) is 18.3 Å². The molecule has 0 amide bonds. The first kappa shape index (κ1) is 40.8. The van der Waals surface area contributed by atoms with Crippen LogP contribution in [0.4, 0.5) is 0 Å². The second-order valence-electron chi connectivity index (χ2n) is 19.7. The Morgan fingerprint density at radius 1 is 0.237 bits per heavy atom. The molecule has 0 saturated carbocycles. The summed E-state index contributed by atoms with van der Waals surface area (Å²) in [7, 11) is 0. The van der Waals surface area contributed by atoms with Crippen LogP contribution < -0.4 is 0 Å². The largest absolute Gasteiger partial charge is 0.456 e. The van der Waals surface area contributed by atoms with Crippen molar-refractivity contribution in [1.82, 2.24) is 18.3 Å². The molecule has 0 aliphatic heterocycles. The highest BCUT2D eigenvalue weighted by molar-refractivity contribution is 6.21. The maximum Gasteiger partial charge on any atom is 0.137 e. The lowest BCUT2D eigenvalue weighted by Gasteiger charge is -2.27. The Labute approximate surface area is 431 Å². The lowest BCUT2D eigenvalue weighted by molar-refractivity contribution is 0.669. The van der Waals surface area contributed by atoms with Gasteiger partial charge in [0.2, 0.25) is 0 Å². The van der Waals surface area contributed by atoms with Gasteiger partial charge < -0.3 is 27.1 Å². The minimum absolute atomic E-state index is 0.330. The molecular formula is C68H36N6O2. The van der Waals surface area contributed by atoms with Gasteiger partial charge in [0.25, 0.3) is 0 Å². The number of hydrogen-bond acceptors (Lipinski definition) is 4.